The molecule has 0 fully saturated rings. The highest BCUT2D eigenvalue weighted by Gasteiger charge is 2.02. The molecule has 0 aromatic carbocycles. The molecule has 0 amide bonds. The van der Waals surface area contributed by atoms with E-state index in [0.29, 0.717) is 18.1 Å². The van der Waals surface area contributed by atoms with Gasteiger partial charge in [-0.3, -0.25) is 4.79 Å². The molecule has 4 heteroatoms. The molecule has 0 spiro atoms. The number of hydrogen-bond donors (Lipinski definition) is 2. The topological polar surface area (TPSA) is 57.8 Å². The highest BCUT2D eigenvalue weighted by atomic mass is 16.1. The molecule has 4 nitrogen and oxygen atoms in total. The van der Waals surface area contributed by atoms with Crippen molar-refractivity contribution >= 4 is 5.82 Å². The van der Waals surface area contributed by atoms with E-state index in [1.165, 1.54) is 6.07 Å². The molecule has 2 N–H and O–H groups in total. The van der Waals surface area contributed by atoms with Gasteiger partial charge in [0.1, 0.15) is 11.6 Å². The molecular weight excluding hydrogens is 178 g/mol. The van der Waals surface area contributed by atoms with Gasteiger partial charge in [-0.05, 0) is 13.8 Å². The molecule has 1 unspecified atom stereocenters. The van der Waals surface area contributed by atoms with Gasteiger partial charge in [0.2, 0.25) is 0 Å². The largest absolute Gasteiger partial charge is 0.366 e. The quantitative estimate of drug-likeness (QED) is 0.698. The summed E-state index contributed by atoms with van der Waals surface area (Å²) in [5, 5.41) is 3.05. The van der Waals surface area contributed by atoms with Gasteiger partial charge in [0.25, 0.3) is 5.56 Å². The third-order valence-electron chi connectivity index (χ3n) is 1.68. The molecule has 0 bridgehead atoms. The van der Waals surface area contributed by atoms with Gasteiger partial charge in [0.15, 0.2) is 0 Å². The molecule has 74 valence electrons. The summed E-state index contributed by atoms with van der Waals surface area (Å²) >= 11 is 0. The van der Waals surface area contributed by atoms with E-state index in [4.69, 9.17) is 6.42 Å². The summed E-state index contributed by atoms with van der Waals surface area (Å²) in [6.45, 7) is 3.68. The second-order valence-corrected chi connectivity index (χ2v) is 3.17. The molecular formula is C10H13N3O. The minimum atomic E-state index is -0.159. The van der Waals surface area contributed by atoms with Crippen molar-refractivity contribution in [2.45, 2.75) is 26.3 Å². The van der Waals surface area contributed by atoms with E-state index in [2.05, 4.69) is 21.2 Å². The normalized spacial score (nSPS) is 11.8. The second-order valence-electron chi connectivity index (χ2n) is 3.17. The van der Waals surface area contributed by atoms with Crippen LogP contribution in [0.25, 0.3) is 0 Å². The van der Waals surface area contributed by atoms with Gasteiger partial charge >= 0.3 is 0 Å². The smallest absolute Gasteiger partial charge is 0.252 e. The number of terminal acetylenes is 1. The van der Waals surface area contributed by atoms with Crippen LogP contribution in [0.4, 0.5) is 5.82 Å². The number of H-pyrrole nitrogens is 1. The van der Waals surface area contributed by atoms with Crippen LogP contribution in [0, 0.1) is 19.3 Å². The molecule has 1 atom stereocenters. The molecule has 0 saturated heterocycles. The first-order valence-corrected chi connectivity index (χ1v) is 4.40. The Hall–Kier alpha value is -1.76. The van der Waals surface area contributed by atoms with E-state index in [1.54, 1.807) is 6.92 Å². The Morgan fingerprint density at radius 3 is 3.07 bits per heavy atom. The van der Waals surface area contributed by atoms with E-state index in [1.807, 2.05) is 6.92 Å². The summed E-state index contributed by atoms with van der Waals surface area (Å²) in [5.74, 6) is 3.70. The Morgan fingerprint density at radius 2 is 2.50 bits per heavy atom. The van der Waals surface area contributed by atoms with Crippen LogP contribution in [-0.4, -0.2) is 16.0 Å². The first-order valence-electron chi connectivity index (χ1n) is 4.40. The minimum absolute atomic E-state index is 0.119. The standard InChI is InChI=1S/C10H13N3O/c1-4-5-7(2)11-9-6-10(14)13-8(3)12-9/h1,6-7H,5H2,2-3H3,(H2,11,12,13,14). The molecule has 1 heterocycles. The van der Waals surface area contributed by atoms with Crippen molar-refractivity contribution in [2.75, 3.05) is 5.32 Å². The maximum atomic E-state index is 11.1. The van der Waals surface area contributed by atoms with Crippen LogP contribution in [0.3, 0.4) is 0 Å². The van der Waals surface area contributed by atoms with Crippen molar-refractivity contribution in [3.8, 4) is 12.3 Å². The lowest BCUT2D eigenvalue weighted by Gasteiger charge is -2.11. The molecule has 14 heavy (non-hydrogen) atoms. The van der Waals surface area contributed by atoms with Crippen molar-refractivity contribution in [2.24, 2.45) is 0 Å². The minimum Gasteiger partial charge on any atom is -0.366 e. The monoisotopic (exact) mass is 191 g/mol. The second kappa shape index (κ2) is 4.47. The third-order valence-corrected chi connectivity index (χ3v) is 1.68. The van der Waals surface area contributed by atoms with Gasteiger partial charge in [-0.15, -0.1) is 12.3 Å². The highest BCUT2D eigenvalue weighted by Crippen LogP contribution is 2.02. The van der Waals surface area contributed by atoms with Crippen LogP contribution in [0.2, 0.25) is 0 Å². The summed E-state index contributed by atoms with van der Waals surface area (Å²) in [6.07, 6.45) is 5.77. The van der Waals surface area contributed by atoms with Crippen LogP contribution >= 0.6 is 0 Å². The Kier molecular flexibility index (Phi) is 3.29. The SMILES string of the molecule is C#CCC(C)Nc1cc(=O)[nH]c(C)n1. The molecule has 0 radical (unpaired) electrons. The number of hydrogen-bond acceptors (Lipinski definition) is 3. The summed E-state index contributed by atoms with van der Waals surface area (Å²) in [5.41, 5.74) is -0.159. The van der Waals surface area contributed by atoms with Gasteiger partial charge in [-0.25, -0.2) is 4.98 Å². The van der Waals surface area contributed by atoms with Gasteiger partial charge in [-0.1, -0.05) is 0 Å². The maximum absolute atomic E-state index is 11.1. The first kappa shape index (κ1) is 10.3. The van der Waals surface area contributed by atoms with E-state index in [-0.39, 0.29) is 11.6 Å². The Labute approximate surface area is 82.8 Å². The fraction of sp³-hybridized carbons (Fsp3) is 0.400. The zero-order valence-corrected chi connectivity index (χ0v) is 8.29. The fourth-order valence-corrected chi connectivity index (χ4v) is 1.13. The van der Waals surface area contributed by atoms with Crippen molar-refractivity contribution in [1.82, 2.24) is 9.97 Å². The predicted octanol–water partition coefficient (Wildman–Crippen LogP) is 0.902. The molecule has 0 aliphatic heterocycles. The number of rotatable bonds is 3. The van der Waals surface area contributed by atoms with Crippen LogP contribution in [0.1, 0.15) is 19.2 Å². The van der Waals surface area contributed by atoms with Crippen LogP contribution in [0.5, 0.6) is 0 Å². The summed E-state index contributed by atoms with van der Waals surface area (Å²) < 4.78 is 0. The van der Waals surface area contributed by atoms with Crippen LogP contribution in [-0.2, 0) is 0 Å². The lowest BCUT2D eigenvalue weighted by molar-refractivity contribution is 0.816. The Morgan fingerprint density at radius 1 is 1.79 bits per heavy atom. The molecule has 1 aromatic rings. The average molecular weight is 191 g/mol. The van der Waals surface area contributed by atoms with Gasteiger partial charge in [0.05, 0.1) is 0 Å². The number of aromatic nitrogens is 2. The van der Waals surface area contributed by atoms with Crippen molar-refractivity contribution in [3.63, 3.8) is 0 Å². The van der Waals surface area contributed by atoms with Gasteiger partial charge < -0.3 is 10.3 Å². The average Bonchev–Trinajstić information content (AvgIpc) is 2.01. The van der Waals surface area contributed by atoms with Gasteiger partial charge in [0, 0.05) is 18.5 Å². The van der Waals surface area contributed by atoms with Crippen LogP contribution in [0.15, 0.2) is 10.9 Å². The number of aryl methyl sites for hydroxylation is 1. The predicted molar refractivity (Wildman–Crippen MR) is 56.1 cm³/mol. The molecule has 0 aliphatic rings. The Bertz CT molecular complexity index is 403. The zero-order chi connectivity index (χ0) is 10.6. The summed E-state index contributed by atoms with van der Waals surface area (Å²) in [6, 6.07) is 1.54. The van der Waals surface area contributed by atoms with Gasteiger partial charge in [-0.2, -0.15) is 0 Å². The van der Waals surface area contributed by atoms with E-state index >= 15 is 0 Å². The maximum Gasteiger partial charge on any atom is 0.252 e. The summed E-state index contributed by atoms with van der Waals surface area (Å²) in [7, 11) is 0. The van der Waals surface area contributed by atoms with Crippen molar-refractivity contribution < 1.29 is 0 Å². The van der Waals surface area contributed by atoms with Crippen LogP contribution < -0.4 is 10.9 Å². The summed E-state index contributed by atoms with van der Waals surface area (Å²) in [4.78, 5) is 17.8. The van der Waals surface area contributed by atoms with Crippen molar-refractivity contribution in [3.05, 3.63) is 22.2 Å². The lowest BCUT2D eigenvalue weighted by atomic mass is 10.2. The highest BCUT2D eigenvalue weighted by molar-refractivity contribution is 5.34. The number of nitrogens with zero attached hydrogens (tertiary/aromatic N) is 1. The van der Waals surface area contributed by atoms with Crippen molar-refractivity contribution in [1.29, 1.82) is 0 Å². The molecule has 1 aromatic heterocycles. The first-order chi connectivity index (χ1) is 6.61. The molecule has 1 rings (SSSR count). The number of anilines is 1. The number of aromatic amines is 1. The molecule has 0 aliphatic carbocycles. The number of nitrogens with one attached hydrogen (secondary N) is 2. The van der Waals surface area contributed by atoms with E-state index in [9.17, 15) is 4.79 Å². The Balaban J connectivity index is 2.77. The van der Waals surface area contributed by atoms with E-state index in [0.717, 1.165) is 0 Å². The zero-order valence-electron chi connectivity index (χ0n) is 8.29. The lowest BCUT2D eigenvalue weighted by Crippen LogP contribution is -2.18. The third kappa shape index (κ3) is 2.94. The molecule has 0 saturated carbocycles. The fourth-order valence-electron chi connectivity index (χ4n) is 1.13. The van der Waals surface area contributed by atoms with E-state index < -0.39 is 0 Å².